The molecular formula is C20H28N2O2. The molecule has 2 saturated heterocycles. The van der Waals surface area contributed by atoms with Crippen molar-refractivity contribution in [2.75, 3.05) is 26.2 Å². The van der Waals surface area contributed by atoms with Crippen LogP contribution in [-0.2, 0) is 16.0 Å². The third-order valence-electron chi connectivity index (χ3n) is 5.45. The van der Waals surface area contributed by atoms with Gasteiger partial charge >= 0.3 is 0 Å². The monoisotopic (exact) mass is 328 g/mol. The molecule has 24 heavy (non-hydrogen) atoms. The van der Waals surface area contributed by atoms with Crippen LogP contribution in [0.4, 0.5) is 0 Å². The molecular weight excluding hydrogens is 300 g/mol. The van der Waals surface area contributed by atoms with E-state index >= 15 is 0 Å². The predicted octanol–water partition coefficient (Wildman–Crippen LogP) is 2.79. The van der Waals surface area contributed by atoms with E-state index in [9.17, 15) is 9.59 Å². The second-order valence-corrected chi connectivity index (χ2v) is 7.23. The van der Waals surface area contributed by atoms with Gasteiger partial charge < -0.3 is 9.80 Å². The molecule has 4 nitrogen and oxygen atoms in total. The molecule has 1 aromatic rings. The number of benzene rings is 1. The number of hydrogen-bond donors (Lipinski definition) is 0. The first kappa shape index (κ1) is 17.0. The highest BCUT2D eigenvalue weighted by molar-refractivity contribution is 5.85. The highest BCUT2D eigenvalue weighted by Crippen LogP contribution is 2.23. The van der Waals surface area contributed by atoms with Gasteiger partial charge in [0.1, 0.15) is 0 Å². The summed E-state index contributed by atoms with van der Waals surface area (Å²) < 4.78 is 0. The van der Waals surface area contributed by atoms with Crippen LogP contribution >= 0.6 is 0 Å². The van der Waals surface area contributed by atoms with E-state index in [1.54, 1.807) is 4.90 Å². The normalized spacial score (nSPS) is 21.4. The van der Waals surface area contributed by atoms with Gasteiger partial charge in [-0.1, -0.05) is 24.3 Å². The lowest BCUT2D eigenvalue weighted by atomic mass is 9.90. The quantitative estimate of drug-likeness (QED) is 0.834. The van der Waals surface area contributed by atoms with E-state index in [-0.39, 0.29) is 18.4 Å². The molecule has 2 heterocycles. The molecule has 0 aliphatic carbocycles. The zero-order valence-corrected chi connectivity index (χ0v) is 14.7. The van der Waals surface area contributed by atoms with Crippen molar-refractivity contribution >= 4 is 11.8 Å². The van der Waals surface area contributed by atoms with Gasteiger partial charge in [0, 0.05) is 26.1 Å². The number of carbonyl (C=O) groups is 2. The van der Waals surface area contributed by atoms with Crippen LogP contribution in [0.5, 0.6) is 0 Å². The third-order valence-corrected chi connectivity index (χ3v) is 5.45. The highest BCUT2D eigenvalue weighted by Gasteiger charge is 2.28. The van der Waals surface area contributed by atoms with Crippen molar-refractivity contribution in [1.29, 1.82) is 0 Å². The van der Waals surface area contributed by atoms with Crippen molar-refractivity contribution in [3.63, 3.8) is 0 Å². The Bertz CT molecular complexity index is 599. The zero-order valence-electron chi connectivity index (χ0n) is 14.7. The third kappa shape index (κ3) is 4.16. The zero-order chi connectivity index (χ0) is 16.9. The molecule has 1 atom stereocenters. The van der Waals surface area contributed by atoms with Gasteiger partial charge in [-0.25, -0.2) is 0 Å². The summed E-state index contributed by atoms with van der Waals surface area (Å²) in [5.41, 5.74) is 2.78. The Kier molecular flexibility index (Phi) is 5.54. The second-order valence-electron chi connectivity index (χ2n) is 7.23. The van der Waals surface area contributed by atoms with E-state index in [1.165, 1.54) is 17.5 Å². The Morgan fingerprint density at radius 2 is 2.04 bits per heavy atom. The van der Waals surface area contributed by atoms with Gasteiger partial charge in [0.05, 0.1) is 6.54 Å². The van der Waals surface area contributed by atoms with Gasteiger partial charge in [-0.05, 0) is 56.1 Å². The average molecular weight is 328 g/mol. The molecule has 0 spiro atoms. The number of hydrogen-bond acceptors (Lipinski definition) is 2. The van der Waals surface area contributed by atoms with E-state index in [1.807, 2.05) is 4.90 Å². The molecule has 0 saturated carbocycles. The van der Waals surface area contributed by atoms with Crippen molar-refractivity contribution in [3.05, 3.63) is 35.4 Å². The molecule has 0 aromatic heterocycles. The number of aryl methyl sites for hydroxylation is 2. The van der Waals surface area contributed by atoms with Crippen LogP contribution in [0.1, 0.15) is 43.2 Å². The SMILES string of the molecule is Cc1ccccc1CCC1CCCN(C(=O)CN2CCCC2=O)C1. The van der Waals surface area contributed by atoms with Crippen molar-refractivity contribution < 1.29 is 9.59 Å². The van der Waals surface area contributed by atoms with Crippen molar-refractivity contribution in [2.45, 2.75) is 45.4 Å². The van der Waals surface area contributed by atoms with E-state index in [4.69, 9.17) is 0 Å². The molecule has 4 heteroatoms. The summed E-state index contributed by atoms with van der Waals surface area (Å²) in [7, 11) is 0. The Morgan fingerprint density at radius 1 is 1.21 bits per heavy atom. The fourth-order valence-corrected chi connectivity index (χ4v) is 3.91. The average Bonchev–Trinajstić information content (AvgIpc) is 2.99. The van der Waals surface area contributed by atoms with Crippen molar-refractivity contribution in [2.24, 2.45) is 5.92 Å². The summed E-state index contributed by atoms with van der Waals surface area (Å²) in [5.74, 6) is 0.846. The first-order valence-electron chi connectivity index (χ1n) is 9.23. The van der Waals surface area contributed by atoms with Gasteiger partial charge in [-0.3, -0.25) is 9.59 Å². The van der Waals surface area contributed by atoms with Gasteiger partial charge in [-0.2, -0.15) is 0 Å². The Balaban J connectivity index is 1.49. The van der Waals surface area contributed by atoms with E-state index in [0.717, 1.165) is 45.3 Å². The largest absolute Gasteiger partial charge is 0.341 e. The van der Waals surface area contributed by atoms with Gasteiger partial charge in [0.15, 0.2) is 0 Å². The minimum Gasteiger partial charge on any atom is -0.341 e. The van der Waals surface area contributed by atoms with E-state index < -0.39 is 0 Å². The topological polar surface area (TPSA) is 40.6 Å². The minimum absolute atomic E-state index is 0.130. The molecule has 1 unspecified atom stereocenters. The lowest BCUT2D eigenvalue weighted by molar-refractivity contribution is -0.139. The molecule has 0 radical (unpaired) electrons. The van der Waals surface area contributed by atoms with Crippen LogP contribution < -0.4 is 0 Å². The van der Waals surface area contributed by atoms with Gasteiger partial charge in [0.25, 0.3) is 0 Å². The predicted molar refractivity (Wildman–Crippen MR) is 94.6 cm³/mol. The highest BCUT2D eigenvalue weighted by atomic mass is 16.2. The smallest absolute Gasteiger partial charge is 0.242 e. The first-order valence-corrected chi connectivity index (χ1v) is 9.23. The van der Waals surface area contributed by atoms with Crippen molar-refractivity contribution in [3.8, 4) is 0 Å². The lowest BCUT2D eigenvalue weighted by Crippen LogP contribution is -2.45. The standard InChI is InChI=1S/C20H28N2O2/c1-16-6-2-3-8-18(16)11-10-17-7-4-12-21(14-17)20(24)15-22-13-5-9-19(22)23/h2-3,6,8,17H,4-5,7,9-15H2,1H3. The summed E-state index contributed by atoms with van der Waals surface area (Å²) in [6, 6.07) is 8.56. The maximum atomic E-state index is 12.5. The molecule has 2 aliphatic rings. The van der Waals surface area contributed by atoms with Crippen LogP contribution in [0.2, 0.25) is 0 Å². The van der Waals surface area contributed by atoms with Gasteiger partial charge in [-0.15, -0.1) is 0 Å². The fraction of sp³-hybridized carbons (Fsp3) is 0.600. The second kappa shape index (κ2) is 7.82. The molecule has 2 aliphatic heterocycles. The van der Waals surface area contributed by atoms with Crippen LogP contribution in [0.15, 0.2) is 24.3 Å². The van der Waals surface area contributed by atoms with Gasteiger partial charge in [0.2, 0.25) is 11.8 Å². The molecule has 1 aromatic carbocycles. The summed E-state index contributed by atoms with van der Waals surface area (Å²) in [6.45, 7) is 4.89. The number of nitrogens with zero attached hydrogens (tertiary/aromatic N) is 2. The summed E-state index contributed by atoms with van der Waals surface area (Å²) >= 11 is 0. The lowest BCUT2D eigenvalue weighted by Gasteiger charge is -2.34. The minimum atomic E-state index is 0.130. The van der Waals surface area contributed by atoms with Crippen molar-refractivity contribution in [1.82, 2.24) is 9.80 Å². The Hall–Kier alpha value is -1.84. The first-order chi connectivity index (χ1) is 11.6. The van der Waals surface area contributed by atoms with E-state index in [0.29, 0.717) is 12.3 Å². The Labute approximate surface area is 144 Å². The Morgan fingerprint density at radius 3 is 2.79 bits per heavy atom. The molecule has 130 valence electrons. The van der Waals surface area contributed by atoms with Crippen LogP contribution in [0.25, 0.3) is 0 Å². The van der Waals surface area contributed by atoms with E-state index in [2.05, 4.69) is 31.2 Å². The number of likely N-dealkylation sites (tertiary alicyclic amines) is 2. The summed E-state index contributed by atoms with van der Waals surface area (Å²) in [4.78, 5) is 27.9. The number of piperidine rings is 1. The van der Waals surface area contributed by atoms with Crippen LogP contribution in [0.3, 0.4) is 0 Å². The number of carbonyl (C=O) groups excluding carboxylic acids is 2. The molecule has 0 bridgehead atoms. The maximum Gasteiger partial charge on any atom is 0.242 e. The number of rotatable bonds is 5. The van der Waals surface area contributed by atoms with Crippen LogP contribution in [0, 0.1) is 12.8 Å². The molecule has 3 rings (SSSR count). The van der Waals surface area contributed by atoms with Crippen LogP contribution in [-0.4, -0.2) is 47.8 Å². The summed E-state index contributed by atoms with van der Waals surface area (Å²) in [6.07, 6.45) is 6.01. The summed E-state index contributed by atoms with van der Waals surface area (Å²) in [5, 5.41) is 0. The number of amides is 2. The maximum absolute atomic E-state index is 12.5. The molecule has 0 N–H and O–H groups in total. The fourth-order valence-electron chi connectivity index (χ4n) is 3.91. The molecule has 2 amide bonds. The molecule has 2 fully saturated rings.